The van der Waals surface area contributed by atoms with Crippen LogP contribution in [0, 0.1) is 0 Å². The zero-order valence-electron chi connectivity index (χ0n) is 5.51. The van der Waals surface area contributed by atoms with E-state index in [2.05, 4.69) is 63.7 Å². The number of Topliss-reactive ketones (excluding diaryl/α,β-unsaturated/α-hetero) is 1. The van der Waals surface area contributed by atoms with Crippen molar-refractivity contribution in [3.8, 4) is 0 Å². The van der Waals surface area contributed by atoms with Crippen molar-refractivity contribution in [1.29, 1.82) is 0 Å². The Labute approximate surface area is 103 Å². The molecule has 1 N–H and O–H groups in total. The van der Waals surface area contributed by atoms with Gasteiger partial charge in [-0.25, -0.2) is 0 Å². The van der Waals surface area contributed by atoms with Crippen LogP contribution in [0.1, 0.15) is 0 Å². The number of carboxylic acids is 1. The van der Waals surface area contributed by atoms with Gasteiger partial charge in [0, 0.05) is 0 Å². The van der Waals surface area contributed by atoms with Crippen LogP contribution in [0.25, 0.3) is 0 Å². The van der Waals surface area contributed by atoms with Crippen LogP contribution in [0.5, 0.6) is 0 Å². The SMILES string of the molecule is O=C(O)C(Br)C(Br)C(=O)C(Br)Br. The van der Waals surface area contributed by atoms with Crippen LogP contribution in [0.3, 0.4) is 0 Å². The van der Waals surface area contributed by atoms with Crippen molar-refractivity contribution in [2.45, 2.75) is 13.4 Å². The van der Waals surface area contributed by atoms with Gasteiger partial charge in [-0.2, -0.15) is 0 Å². The van der Waals surface area contributed by atoms with Crippen molar-refractivity contribution in [2.75, 3.05) is 0 Å². The molecule has 2 atom stereocenters. The highest BCUT2D eigenvalue weighted by atomic mass is 79.9. The van der Waals surface area contributed by atoms with Crippen LogP contribution in [-0.4, -0.2) is 30.2 Å². The number of carbonyl (C=O) groups is 2. The summed E-state index contributed by atoms with van der Waals surface area (Å²) in [5, 5.41) is 8.52. The second kappa shape index (κ2) is 5.72. The molecule has 0 saturated carbocycles. The van der Waals surface area contributed by atoms with Gasteiger partial charge in [0.25, 0.3) is 0 Å². The van der Waals surface area contributed by atoms with E-state index >= 15 is 0 Å². The highest BCUT2D eigenvalue weighted by Crippen LogP contribution is 2.22. The predicted octanol–water partition coefficient (Wildman–Crippen LogP) is 2.28. The number of rotatable bonds is 4. The summed E-state index contributed by atoms with van der Waals surface area (Å²) in [6, 6.07) is 0. The quantitative estimate of drug-likeness (QED) is 0.695. The number of alkyl halides is 4. The fourth-order valence-electron chi connectivity index (χ4n) is 0.390. The third-order valence-corrected chi connectivity index (χ3v) is 4.49. The molecule has 7 heteroatoms. The molecule has 0 radical (unpaired) electrons. The van der Waals surface area contributed by atoms with Crippen LogP contribution in [0.4, 0.5) is 0 Å². The third kappa shape index (κ3) is 3.85. The summed E-state index contributed by atoms with van der Waals surface area (Å²) in [5.74, 6) is -1.36. The first-order chi connectivity index (χ1) is 5.37. The zero-order chi connectivity index (χ0) is 9.89. The van der Waals surface area contributed by atoms with Gasteiger partial charge < -0.3 is 5.11 Å². The minimum absolute atomic E-state index is 0.278. The zero-order valence-corrected chi connectivity index (χ0v) is 11.9. The van der Waals surface area contributed by atoms with E-state index < -0.39 is 19.4 Å². The predicted molar refractivity (Wildman–Crippen MR) is 59.7 cm³/mol. The molecule has 12 heavy (non-hydrogen) atoms. The molecule has 0 aliphatic heterocycles. The molecule has 0 saturated heterocycles. The molecule has 70 valence electrons. The lowest BCUT2D eigenvalue weighted by molar-refractivity contribution is -0.137. The molecule has 0 aromatic heterocycles. The largest absolute Gasteiger partial charge is 0.480 e. The number of carbonyl (C=O) groups excluding carboxylic acids is 1. The van der Waals surface area contributed by atoms with Gasteiger partial charge in [0.1, 0.15) is 8.56 Å². The van der Waals surface area contributed by atoms with E-state index in [0.717, 1.165) is 0 Å². The first-order valence-corrected chi connectivity index (χ1v) is 6.37. The number of halogens is 4. The van der Waals surface area contributed by atoms with Crippen LogP contribution in [0.15, 0.2) is 0 Å². The molecular weight excluding hydrogens is 428 g/mol. The summed E-state index contributed by atoms with van der Waals surface area (Å²) in [6.07, 6.45) is 0. The molecule has 0 bridgehead atoms. The van der Waals surface area contributed by atoms with Gasteiger partial charge in [-0.15, -0.1) is 0 Å². The molecule has 0 spiro atoms. The normalized spacial score (nSPS) is 15.8. The molecule has 3 nitrogen and oxygen atoms in total. The van der Waals surface area contributed by atoms with Crippen LogP contribution in [-0.2, 0) is 9.59 Å². The Bertz CT molecular complexity index is 193. The van der Waals surface area contributed by atoms with Gasteiger partial charge in [-0.05, 0) is 0 Å². The molecule has 0 heterocycles. The maximum atomic E-state index is 11.2. The fourth-order valence-corrected chi connectivity index (χ4v) is 2.42. The Kier molecular flexibility index (Phi) is 6.22. The summed E-state index contributed by atoms with van der Waals surface area (Å²) in [4.78, 5) is 19.9. The Morgan fingerprint density at radius 3 is 1.67 bits per heavy atom. The number of ketones is 1. The molecule has 0 aliphatic carbocycles. The average molecular weight is 432 g/mol. The molecular formula is C5H4Br4O3. The number of hydrogen-bond donors (Lipinski definition) is 1. The highest BCUT2D eigenvalue weighted by Gasteiger charge is 2.31. The van der Waals surface area contributed by atoms with Crippen LogP contribution < -0.4 is 0 Å². The molecule has 2 unspecified atom stereocenters. The van der Waals surface area contributed by atoms with E-state index in [1.165, 1.54) is 0 Å². The van der Waals surface area contributed by atoms with E-state index in [1.807, 2.05) is 0 Å². The second-order valence-electron chi connectivity index (χ2n) is 1.84. The van der Waals surface area contributed by atoms with Crippen molar-refractivity contribution in [1.82, 2.24) is 0 Å². The maximum Gasteiger partial charge on any atom is 0.318 e. The van der Waals surface area contributed by atoms with Crippen molar-refractivity contribution in [2.24, 2.45) is 0 Å². The fraction of sp³-hybridized carbons (Fsp3) is 0.600. The summed E-state index contributed by atoms with van der Waals surface area (Å²) in [7, 11) is 0. The second-order valence-corrected chi connectivity index (χ2v) is 6.88. The van der Waals surface area contributed by atoms with Crippen molar-refractivity contribution < 1.29 is 14.7 Å². The number of hydrogen-bond acceptors (Lipinski definition) is 2. The van der Waals surface area contributed by atoms with E-state index in [0.29, 0.717) is 0 Å². The lowest BCUT2D eigenvalue weighted by Crippen LogP contribution is -2.33. The van der Waals surface area contributed by atoms with Crippen LogP contribution in [0.2, 0.25) is 0 Å². The van der Waals surface area contributed by atoms with Crippen molar-refractivity contribution >= 4 is 75.5 Å². The molecule has 0 rings (SSSR count). The maximum absolute atomic E-state index is 11.2. The summed E-state index contributed by atoms with van der Waals surface area (Å²) in [6.45, 7) is 0. The third-order valence-electron chi connectivity index (χ3n) is 0.980. The Hall–Kier alpha value is 1.06. The van der Waals surface area contributed by atoms with Gasteiger partial charge in [0.2, 0.25) is 0 Å². The van der Waals surface area contributed by atoms with Gasteiger partial charge >= 0.3 is 5.97 Å². The summed E-state index contributed by atoms with van der Waals surface area (Å²) >= 11 is 11.8. The number of carboxylic acid groups (broad SMARTS) is 1. The smallest absolute Gasteiger partial charge is 0.318 e. The lowest BCUT2D eigenvalue weighted by Gasteiger charge is -2.11. The number of aliphatic carboxylic acids is 1. The van der Waals surface area contributed by atoms with Gasteiger partial charge in [0.15, 0.2) is 5.78 Å². The van der Waals surface area contributed by atoms with E-state index in [1.54, 1.807) is 0 Å². The highest BCUT2D eigenvalue weighted by molar-refractivity contribution is 9.25. The average Bonchev–Trinajstić information content (AvgIpc) is 2.00. The summed E-state index contributed by atoms with van der Waals surface area (Å²) < 4.78 is -0.534. The monoisotopic (exact) mass is 428 g/mol. The molecule has 0 aliphatic rings. The first-order valence-electron chi connectivity index (χ1n) is 2.70. The molecule has 0 amide bonds. The standard InChI is InChI=1S/C5H4Br4O3/c6-1(2(7)5(11)12)3(10)4(8)9/h1-2,4H,(H,11,12). The summed E-state index contributed by atoms with van der Waals surface area (Å²) in [5.41, 5.74) is 0. The minimum atomic E-state index is -1.08. The molecule has 0 aromatic rings. The van der Waals surface area contributed by atoms with Gasteiger partial charge in [0.05, 0.1) is 4.83 Å². The van der Waals surface area contributed by atoms with Crippen molar-refractivity contribution in [3.63, 3.8) is 0 Å². The van der Waals surface area contributed by atoms with Gasteiger partial charge in [-0.1, -0.05) is 63.7 Å². The Morgan fingerprint density at radius 1 is 1.00 bits per heavy atom. The van der Waals surface area contributed by atoms with Gasteiger partial charge in [-0.3, -0.25) is 9.59 Å². The van der Waals surface area contributed by atoms with E-state index in [9.17, 15) is 9.59 Å². The topological polar surface area (TPSA) is 54.4 Å². The van der Waals surface area contributed by atoms with E-state index in [-0.39, 0.29) is 5.78 Å². The Balaban J connectivity index is 4.29. The Morgan fingerprint density at radius 2 is 1.42 bits per heavy atom. The molecule has 0 fully saturated rings. The van der Waals surface area contributed by atoms with Crippen molar-refractivity contribution in [3.05, 3.63) is 0 Å². The van der Waals surface area contributed by atoms with Crippen LogP contribution >= 0.6 is 63.7 Å². The first kappa shape index (κ1) is 13.1. The van der Waals surface area contributed by atoms with E-state index in [4.69, 9.17) is 5.11 Å². The lowest BCUT2D eigenvalue weighted by atomic mass is 10.2. The minimum Gasteiger partial charge on any atom is -0.480 e. The molecule has 0 aromatic carbocycles.